The first-order valence-electron chi connectivity index (χ1n) is 8.11. The number of thiophene rings is 1. The lowest BCUT2D eigenvalue weighted by atomic mass is 10.2. The molecule has 4 aromatic rings. The van der Waals surface area contributed by atoms with Crippen LogP contribution < -0.4 is 5.32 Å². The van der Waals surface area contributed by atoms with Gasteiger partial charge in [0.1, 0.15) is 6.54 Å². The van der Waals surface area contributed by atoms with Crippen molar-refractivity contribution in [3.05, 3.63) is 58.9 Å². The Morgan fingerprint density at radius 1 is 1.19 bits per heavy atom. The van der Waals surface area contributed by atoms with Gasteiger partial charge in [0, 0.05) is 22.5 Å². The number of methoxy groups -OCH3 is 1. The molecule has 6 nitrogen and oxygen atoms in total. The SMILES string of the molecule is COC(=O)c1cn(CC(=O)Nc2nc(-c3cccs3)cs2)c2ccccc12. The van der Waals surface area contributed by atoms with Gasteiger partial charge in [-0.25, -0.2) is 9.78 Å². The van der Waals surface area contributed by atoms with Gasteiger partial charge in [0.2, 0.25) is 5.91 Å². The molecule has 0 spiro atoms. The number of hydrogen-bond acceptors (Lipinski definition) is 6. The maximum absolute atomic E-state index is 12.5. The number of amides is 1. The minimum Gasteiger partial charge on any atom is -0.465 e. The molecule has 3 aromatic heterocycles. The molecule has 0 bridgehead atoms. The maximum atomic E-state index is 12.5. The summed E-state index contributed by atoms with van der Waals surface area (Å²) in [6.07, 6.45) is 1.65. The van der Waals surface area contributed by atoms with Crippen LogP contribution in [0.25, 0.3) is 21.5 Å². The molecule has 3 heterocycles. The molecular weight excluding hydrogens is 382 g/mol. The first-order valence-corrected chi connectivity index (χ1v) is 9.87. The normalized spacial score (nSPS) is 10.9. The molecule has 1 N–H and O–H groups in total. The Labute approximate surface area is 163 Å². The summed E-state index contributed by atoms with van der Waals surface area (Å²) >= 11 is 2.99. The molecule has 0 saturated heterocycles. The van der Waals surface area contributed by atoms with Crippen LogP contribution in [-0.4, -0.2) is 28.5 Å². The summed E-state index contributed by atoms with van der Waals surface area (Å²) in [5, 5.41) is 8.04. The number of aromatic nitrogens is 2. The molecule has 0 aliphatic rings. The summed E-state index contributed by atoms with van der Waals surface area (Å²) in [6.45, 7) is 0.0748. The Kier molecular flexibility index (Phi) is 4.74. The second kappa shape index (κ2) is 7.34. The van der Waals surface area contributed by atoms with E-state index in [1.54, 1.807) is 22.1 Å². The molecule has 0 aliphatic heterocycles. The standard InChI is InChI=1S/C19H15N3O3S2/c1-25-18(24)13-9-22(15-6-3-2-5-12(13)15)10-17(23)21-19-20-14(11-27-19)16-7-4-8-26-16/h2-9,11H,10H2,1H3,(H,20,21,23). The maximum Gasteiger partial charge on any atom is 0.340 e. The van der Waals surface area contributed by atoms with Gasteiger partial charge >= 0.3 is 5.97 Å². The van der Waals surface area contributed by atoms with Crippen molar-refractivity contribution in [2.24, 2.45) is 0 Å². The number of para-hydroxylation sites is 1. The summed E-state index contributed by atoms with van der Waals surface area (Å²) in [6, 6.07) is 11.4. The number of fused-ring (bicyclic) bond motifs is 1. The molecule has 8 heteroatoms. The van der Waals surface area contributed by atoms with E-state index >= 15 is 0 Å². The highest BCUT2D eigenvalue weighted by Gasteiger charge is 2.17. The average Bonchev–Trinajstić information content (AvgIpc) is 3.41. The number of carbonyl (C=O) groups is 2. The molecular formula is C19H15N3O3S2. The topological polar surface area (TPSA) is 73.2 Å². The van der Waals surface area contributed by atoms with Crippen molar-refractivity contribution < 1.29 is 14.3 Å². The summed E-state index contributed by atoms with van der Waals surface area (Å²) in [5.74, 6) is -0.634. The summed E-state index contributed by atoms with van der Waals surface area (Å²) in [4.78, 5) is 30.0. The van der Waals surface area contributed by atoms with E-state index in [0.717, 1.165) is 21.5 Å². The van der Waals surface area contributed by atoms with E-state index in [4.69, 9.17) is 4.74 Å². The largest absolute Gasteiger partial charge is 0.465 e. The van der Waals surface area contributed by atoms with Gasteiger partial charge in [0.05, 0.1) is 23.2 Å². The molecule has 0 saturated carbocycles. The zero-order chi connectivity index (χ0) is 18.8. The van der Waals surface area contributed by atoms with Gasteiger partial charge in [-0.2, -0.15) is 0 Å². The molecule has 0 aliphatic carbocycles. The van der Waals surface area contributed by atoms with Crippen molar-refractivity contribution in [2.45, 2.75) is 6.54 Å². The molecule has 0 fully saturated rings. The van der Waals surface area contributed by atoms with Gasteiger partial charge in [-0.15, -0.1) is 22.7 Å². The number of esters is 1. The second-order valence-electron chi connectivity index (χ2n) is 5.74. The third kappa shape index (κ3) is 3.49. The fraction of sp³-hybridized carbons (Fsp3) is 0.105. The third-order valence-electron chi connectivity index (χ3n) is 4.03. The van der Waals surface area contributed by atoms with E-state index < -0.39 is 5.97 Å². The molecule has 136 valence electrons. The Morgan fingerprint density at radius 3 is 2.81 bits per heavy atom. The molecule has 27 heavy (non-hydrogen) atoms. The first-order chi connectivity index (χ1) is 13.2. The zero-order valence-corrected chi connectivity index (χ0v) is 16.0. The van der Waals surface area contributed by atoms with E-state index in [-0.39, 0.29) is 12.5 Å². The zero-order valence-electron chi connectivity index (χ0n) is 14.3. The number of carbonyl (C=O) groups excluding carboxylic acids is 2. The van der Waals surface area contributed by atoms with Crippen LogP contribution in [0.4, 0.5) is 5.13 Å². The Hall–Kier alpha value is -2.97. The van der Waals surface area contributed by atoms with Crippen LogP contribution in [0.1, 0.15) is 10.4 Å². The lowest BCUT2D eigenvalue weighted by molar-refractivity contribution is -0.116. The minimum absolute atomic E-state index is 0.0748. The first kappa shape index (κ1) is 17.4. The predicted molar refractivity (Wildman–Crippen MR) is 107 cm³/mol. The quantitative estimate of drug-likeness (QED) is 0.511. The minimum atomic E-state index is -0.425. The van der Waals surface area contributed by atoms with E-state index in [1.165, 1.54) is 18.4 Å². The number of ether oxygens (including phenoxy) is 1. The van der Waals surface area contributed by atoms with Crippen LogP contribution in [-0.2, 0) is 16.1 Å². The molecule has 1 aromatic carbocycles. The van der Waals surface area contributed by atoms with E-state index in [2.05, 4.69) is 10.3 Å². The van der Waals surface area contributed by atoms with Crippen LogP contribution >= 0.6 is 22.7 Å². The summed E-state index contributed by atoms with van der Waals surface area (Å²) in [5.41, 5.74) is 2.09. The Bertz CT molecular complexity index is 1110. The fourth-order valence-corrected chi connectivity index (χ4v) is 4.32. The van der Waals surface area contributed by atoms with Crippen LogP contribution in [0.3, 0.4) is 0 Å². The molecule has 0 radical (unpaired) electrons. The van der Waals surface area contributed by atoms with Gasteiger partial charge in [-0.05, 0) is 17.5 Å². The second-order valence-corrected chi connectivity index (χ2v) is 7.55. The van der Waals surface area contributed by atoms with Crippen molar-refractivity contribution in [2.75, 3.05) is 12.4 Å². The highest BCUT2D eigenvalue weighted by molar-refractivity contribution is 7.16. The number of nitrogens with one attached hydrogen (secondary N) is 1. The summed E-state index contributed by atoms with van der Waals surface area (Å²) < 4.78 is 6.58. The van der Waals surface area contributed by atoms with Gasteiger partial charge in [0.25, 0.3) is 0 Å². The third-order valence-corrected chi connectivity index (χ3v) is 5.68. The highest BCUT2D eigenvalue weighted by Crippen LogP contribution is 2.28. The van der Waals surface area contributed by atoms with Crippen molar-refractivity contribution in [1.82, 2.24) is 9.55 Å². The molecule has 0 atom stereocenters. The fourth-order valence-electron chi connectivity index (χ4n) is 2.83. The number of thiazole rings is 1. The highest BCUT2D eigenvalue weighted by atomic mass is 32.1. The van der Waals surface area contributed by atoms with Crippen molar-refractivity contribution in [3.63, 3.8) is 0 Å². The monoisotopic (exact) mass is 397 g/mol. The van der Waals surface area contributed by atoms with Crippen molar-refractivity contribution >= 4 is 50.6 Å². The van der Waals surface area contributed by atoms with Crippen LogP contribution in [0, 0.1) is 0 Å². The average molecular weight is 397 g/mol. The van der Waals surface area contributed by atoms with Gasteiger partial charge < -0.3 is 14.6 Å². The van der Waals surface area contributed by atoms with Gasteiger partial charge in [0.15, 0.2) is 5.13 Å². The number of rotatable bonds is 5. The predicted octanol–water partition coefficient (Wildman–Crippen LogP) is 4.25. The van der Waals surface area contributed by atoms with Crippen LogP contribution in [0.2, 0.25) is 0 Å². The molecule has 0 unspecified atom stereocenters. The lowest BCUT2D eigenvalue weighted by Gasteiger charge is -2.05. The van der Waals surface area contributed by atoms with Crippen molar-refractivity contribution in [3.8, 4) is 10.6 Å². The summed E-state index contributed by atoms with van der Waals surface area (Å²) in [7, 11) is 1.34. The van der Waals surface area contributed by atoms with Gasteiger partial charge in [-0.1, -0.05) is 24.3 Å². The van der Waals surface area contributed by atoms with Crippen molar-refractivity contribution in [1.29, 1.82) is 0 Å². The van der Waals surface area contributed by atoms with Gasteiger partial charge in [-0.3, -0.25) is 4.79 Å². The van der Waals surface area contributed by atoms with E-state index in [9.17, 15) is 9.59 Å². The Balaban J connectivity index is 1.54. The molecule has 4 rings (SSSR count). The molecule has 1 amide bonds. The lowest BCUT2D eigenvalue weighted by Crippen LogP contribution is -2.18. The Morgan fingerprint density at radius 2 is 2.04 bits per heavy atom. The number of nitrogens with zero attached hydrogens (tertiary/aromatic N) is 2. The van der Waals surface area contributed by atoms with Crippen LogP contribution in [0.15, 0.2) is 53.4 Å². The van der Waals surface area contributed by atoms with Crippen LogP contribution in [0.5, 0.6) is 0 Å². The smallest absolute Gasteiger partial charge is 0.340 e. The van der Waals surface area contributed by atoms with E-state index in [1.807, 2.05) is 47.2 Å². The van der Waals surface area contributed by atoms with E-state index in [0.29, 0.717) is 10.7 Å². The number of anilines is 1. The number of benzene rings is 1. The number of hydrogen-bond donors (Lipinski definition) is 1.